The minimum Gasteiger partial charge on any atom is -0.341 e. The van der Waals surface area contributed by atoms with Gasteiger partial charge in [-0.3, -0.25) is 0 Å². The summed E-state index contributed by atoms with van der Waals surface area (Å²) < 4.78 is 13.3. The van der Waals surface area contributed by atoms with Crippen molar-refractivity contribution in [2.24, 2.45) is 5.92 Å². The highest BCUT2D eigenvalue weighted by molar-refractivity contribution is 7.80. The van der Waals surface area contributed by atoms with Crippen LogP contribution in [-0.2, 0) is 0 Å². The van der Waals surface area contributed by atoms with Gasteiger partial charge in [-0.05, 0) is 61.1 Å². The van der Waals surface area contributed by atoms with Crippen LogP contribution in [0.4, 0.5) is 10.1 Å². The Bertz CT molecular complexity index is 674. The second kappa shape index (κ2) is 8.79. The minimum atomic E-state index is -0.434. The van der Waals surface area contributed by atoms with Gasteiger partial charge in [-0.1, -0.05) is 31.5 Å². The molecule has 0 saturated heterocycles. The lowest BCUT2D eigenvalue weighted by molar-refractivity contribution is 0.322. The molecular weight excluding hydrogens is 363 g/mol. The molecule has 130 valence electrons. The number of hydrogen-bond acceptors (Lipinski definition) is 2. The van der Waals surface area contributed by atoms with Crippen molar-refractivity contribution in [3.05, 3.63) is 51.4 Å². The van der Waals surface area contributed by atoms with Gasteiger partial charge in [0.1, 0.15) is 5.82 Å². The smallest absolute Gasteiger partial charge is 0.173 e. The van der Waals surface area contributed by atoms with E-state index in [2.05, 4.69) is 42.4 Å². The van der Waals surface area contributed by atoms with Crippen molar-refractivity contribution in [2.75, 3.05) is 11.9 Å². The maximum Gasteiger partial charge on any atom is 0.173 e. The first-order valence-corrected chi connectivity index (χ1v) is 9.61. The zero-order valence-corrected chi connectivity index (χ0v) is 16.4. The van der Waals surface area contributed by atoms with Crippen LogP contribution in [0.5, 0.6) is 0 Å². The van der Waals surface area contributed by atoms with E-state index in [9.17, 15) is 4.39 Å². The summed E-state index contributed by atoms with van der Waals surface area (Å²) in [4.78, 5) is 3.44. The Hall–Kier alpha value is -1.17. The monoisotopic (exact) mass is 384 g/mol. The van der Waals surface area contributed by atoms with Crippen molar-refractivity contribution >= 4 is 46.0 Å². The van der Waals surface area contributed by atoms with Crippen LogP contribution in [0.1, 0.15) is 38.1 Å². The summed E-state index contributed by atoms with van der Waals surface area (Å²) in [6, 6.07) is 8.89. The van der Waals surface area contributed by atoms with Crippen molar-refractivity contribution in [3.8, 4) is 0 Å². The van der Waals surface area contributed by atoms with E-state index in [-0.39, 0.29) is 11.1 Å². The molecule has 0 unspecified atom stereocenters. The molecule has 1 aromatic heterocycles. The standard InChI is InChI=1S/C18H22ClFN2S2/c1-12(2)8-9-22(13(3)17-5-4-10-24-17)18(23)21-14-6-7-16(20)15(19)11-14/h4-7,10-13H,8-9H2,1-3H3,(H,21,23)/t13-/m0/s1. The van der Waals surface area contributed by atoms with Crippen LogP contribution < -0.4 is 5.32 Å². The summed E-state index contributed by atoms with van der Waals surface area (Å²) in [6.07, 6.45) is 1.04. The van der Waals surface area contributed by atoms with E-state index in [1.165, 1.54) is 10.9 Å². The molecule has 1 aromatic carbocycles. The molecule has 0 aliphatic rings. The normalized spacial score (nSPS) is 12.2. The molecule has 0 spiro atoms. The van der Waals surface area contributed by atoms with E-state index >= 15 is 0 Å². The molecule has 0 amide bonds. The third-order valence-electron chi connectivity index (χ3n) is 3.80. The second-order valence-electron chi connectivity index (χ2n) is 6.13. The molecule has 0 saturated carbocycles. The number of nitrogens with one attached hydrogen (secondary N) is 1. The first kappa shape index (κ1) is 19.2. The summed E-state index contributed by atoms with van der Waals surface area (Å²) in [5.74, 6) is 0.155. The molecule has 6 heteroatoms. The number of thiocarbonyl (C=S) groups is 1. The van der Waals surface area contributed by atoms with Gasteiger partial charge in [-0.2, -0.15) is 0 Å². The summed E-state index contributed by atoms with van der Waals surface area (Å²) in [6.45, 7) is 7.41. The Balaban J connectivity index is 2.15. The molecular formula is C18H22ClFN2S2. The lowest BCUT2D eigenvalue weighted by atomic mass is 10.1. The van der Waals surface area contributed by atoms with Gasteiger partial charge in [0.15, 0.2) is 5.11 Å². The van der Waals surface area contributed by atoms with Crippen LogP contribution in [-0.4, -0.2) is 16.6 Å². The number of rotatable bonds is 6. The predicted molar refractivity (Wildman–Crippen MR) is 107 cm³/mol. The number of benzene rings is 1. The summed E-state index contributed by atoms with van der Waals surface area (Å²) in [5, 5.41) is 5.97. The Morgan fingerprint density at radius 3 is 2.67 bits per heavy atom. The van der Waals surface area contributed by atoms with E-state index in [1.54, 1.807) is 23.5 Å². The molecule has 0 fully saturated rings. The second-order valence-corrected chi connectivity index (χ2v) is 7.90. The van der Waals surface area contributed by atoms with Gasteiger partial charge in [-0.25, -0.2) is 4.39 Å². The van der Waals surface area contributed by atoms with Crippen molar-refractivity contribution in [1.82, 2.24) is 4.90 Å². The fraction of sp³-hybridized carbons (Fsp3) is 0.389. The van der Waals surface area contributed by atoms with E-state index in [0.29, 0.717) is 16.7 Å². The number of thiophene rings is 1. The number of hydrogen-bond donors (Lipinski definition) is 1. The predicted octanol–water partition coefficient (Wildman–Crippen LogP) is 6.35. The molecule has 24 heavy (non-hydrogen) atoms. The number of anilines is 1. The van der Waals surface area contributed by atoms with E-state index in [1.807, 2.05) is 6.07 Å². The van der Waals surface area contributed by atoms with Gasteiger partial charge < -0.3 is 10.2 Å². The molecule has 1 N–H and O–H groups in total. The van der Waals surface area contributed by atoms with Crippen molar-refractivity contribution < 1.29 is 4.39 Å². The van der Waals surface area contributed by atoms with Crippen LogP contribution in [0.3, 0.4) is 0 Å². The summed E-state index contributed by atoms with van der Waals surface area (Å²) in [7, 11) is 0. The fourth-order valence-corrected chi connectivity index (χ4v) is 3.66. The van der Waals surface area contributed by atoms with Crippen LogP contribution in [0.15, 0.2) is 35.7 Å². The number of nitrogens with zero attached hydrogens (tertiary/aromatic N) is 1. The zero-order valence-electron chi connectivity index (χ0n) is 14.1. The lowest BCUT2D eigenvalue weighted by Gasteiger charge is -2.32. The average Bonchev–Trinajstić information content (AvgIpc) is 3.05. The molecule has 1 atom stereocenters. The summed E-state index contributed by atoms with van der Waals surface area (Å²) in [5.41, 5.74) is 0.694. The van der Waals surface area contributed by atoms with Gasteiger partial charge in [0.05, 0.1) is 11.1 Å². The summed E-state index contributed by atoms with van der Waals surface area (Å²) >= 11 is 13.2. The van der Waals surface area contributed by atoms with Gasteiger partial charge in [0.2, 0.25) is 0 Å². The topological polar surface area (TPSA) is 15.3 Å². The van der Waals surface area contributed by atoms with Gasteiger partial charge in [-0.15, -0.1) is 11.3 Å². The van der Waals surface area contributed by atoms with Crippen molar-refractivity contribution in [1.29, 1.82) is 0 Å². The van der Waals surface area contributed by atoms with Crippen molar-refractivity contribution in [2.45, 2.75) is 33.2 Å². The largest absolute Gasteiger partial charge is 0.341 e. The van der Waals surface area contributed by atoms with Crippen LogP contribution in [0.2, 0.25) is 5.02 Å². The van der Waals surface area contributed by atoms with E-state index < -0.39 is 5.82 Å². The van der Waals surface area contributed by atoms with Gasteiger partial charge in [0.25, 0.3) is 0 Å². The Morgan fingerprint density at radius 2 is 2.08 bits per heavy atom. The fourth-order valence-electron chi connectivity index (χ4n) is 2.32. The zero-order chi connectivity index (χ0) is 17.7. The third kappa shape index (κ3) is 5.16. The highest BCUT2D eigenvalue weighted by atomic mass is 35.5. The molecule has 2 rings (SSSR count). The number of halogens is 2. The lowest BCUT2D eigenvalue weighted by Crippen LogP contribution is -2.37. The van der Waals surface area contributed by atoms with Crippen LogP contribution in [0.25, 0.3) is 0 Å². The minimum absolute atomic E-state index is 0.0860. The van der Waals surface area contributed by atoms with Gasteiger partial charge >= 0.3 is 0 Å². The molecule has 0 aliphatic carbocycles. The molecule has 0 bridgehead atoms. The van der Waals surface area contributed by atoms with E-state index in [0.717, 1.165) is 13.0 Å². The quantitative estimate of drug-likeness (QED) is 0.584. The molecule has 2 aromatic rings. The van der Waals surface area contributed by atoms with Crippen molar-refractivity contribution in [3.63, 3.8) is 0 Å². The van der Waals surface area contributed by atoms with Gasteiger partial charge in [0, 0.05) is 17.1 Å². The first-order chi connectivity index (χ1) is 11.4. The molecule has 0 radical (unpaired) electrons. The molecule has 1 heterocycles. The Morgan fingerprint density at radius 1 is 1.33 bits per heavy atom. The van der Waals surface area contributed by atoms with Crippen LogP contribution in [0, 0.1) is 11.7 Å². The molecule has 0 aliphatic heterocycles. The maximum atomic E-state index is 13.3. The third-order valence-corrected chi connectivity index (χ3v) is 5.47. The highest BCUT2D eigenvalue weighted by Crippen LogP contribution is 2.27. The van der Waals surface area contributed by atoms with E-state index in [4.69, 9.17) is 23.8 Å². The Kier molecular flexibility index (Phi) is 7.02. The Labute approximate surface area is 157 Å². The highest BCUT2D eigenvalue weighted by Gasteiger charge is 2.20. The average molecular weight is 385 g/mol. The SMILES string of the molecule is CC(C)CCN(C(=S)Nc1ccc(F)c(Cl)c1)[C@@H](C)c1cccs1. The van der Waals surface area contributed by atoms with Crippen LogP contribution >= 0.6 is 35.2 Å². The molecule has 2 nitrogen and oxygen atoms in total. The first-order valence-electron chi connectivity index (χ1n) is 7.94. The maximum absolute atomic E-state index is 13.3.